The summed E-state index contributed by atoms with van der Waals surface area (Å²) in [4.78, 5) is 6.83. The fraction of sp³-hybridized carbons (Fsp3) is 0.458. The first-order valence-corrected chi connectivity index (χ1v) is 10.8. The molecule has 0 aromatic heterocycles. The minimum atomic E-state index is 0.368. The maximum absolute atomic E-state index is 6.09. The standard InChI is InChI=1S/C24H34N4O3/c1-28(21-10-13-30-14-11-21)12-15-31-22-8-5-6-19(16-22)17-26-24(25)27-23-9-4-3-7-20(23)18-29-2/h3-9,16,21H,10-15,17-18H2,1-2H3,(H3,25,26,27). The summed E-state index contributed by atoms with van der Waals surface area (Å²) in [6.45, 7) is 4.25. The fourth-order valence-corrected chi connectivity index (χ4v) is 3.63. The zero-order valence-corrected chi connectivity index (χ0v) is 18.5. The summed E-state index contributed by atoms with van der Waals surface area (Å²) in [5.41, 5.74) is 9.07. The molecule has 2 aromatic carbocycles. The van der Waals surface area contributed by atoms with E-state index in [0.717, 1.165) is 55.2 Å². The van der Waals surface area contributed by atoms with Crippen molar-refractivity contribution in [3.8, 4) is 5.75 Å². The average molecular weight is 427 g/mol. The molecule has 0 atom stereocenters. The van der Waals surface area contributed by atoms with Gasteiger partial charge in [-0.05, 0) is 43.7 Å². The molecule has 3 N–H and O–H groups in total. The number of ether oxygens (including phenoxy) is 3. The van der Waals surface area contributed by atoms with Gasteiger partial charge in [-0.15, -0.1) is 0 Å². The Balaban J connectivity index is 1.48. The number of hydrogen-bond acceptors (Lipinski definition) is 5. The van der Waals surface area contributed by atoms with Gasteiger partial charge in [0.25, 0.3) is 0 Å². The summed E-state index contributed by atoms with van der Waals surface area (Å²) in [7, 11) is 3.83. The number of nitrogens with zero attached hydrogens (tertiary/aromatic N) is 2. The number of likely N-dealkylation sites (N-methyl/N-ethyl adjacent to an activating group) is 1. The number of rotatable bonds is 10. The van der Waals surface area contributed by atoms with E-state index in [1.54, 1.807) is 7.11 Å². The minimum absolute atomic E-state index is 0.368. The van der Waals surface area contributed by atoms with Crippen LogP contribution in [-0.2, 0) is 22.6 Å². The molecule has 7 nitrogen and oxygen atoms in total. The molecule has 0 aliphatic carbocycles. The van der Waals surface area contributed by atoms with Crippen LogP contribution in [0.15, 0.2) is 53.5 Å². The van der Waals surface area contributed by atoms with E-state index in [1.807, 2.05) is 48.5 Å². The Labute approximate surface area is 185 Å². The molecule has 0 spiro atoms. The van der Waals surface area contributed by atoms with Crippen LogP contribution in [0.4, 0.5) is 5.69 Å². The largest absolute Gasteiger partial charge is 0.492 e. The predicted molar refractivity (Wildman–Crippen MR) is 125 cm³/mol. The Bertz CT molecular complexity index is 837. The van der Waals surface area contributed by atoms with Gasteiger partial charge in [0.1, 0.15) is 12.4 Å². The number of aliphatic imine (C=N–C) groups is 1. The van der Waals surface area contributed by atoms with Crippen LogP contribution in [0.1, 0.15) is 24.0 Å². The summed E-state index contributed by atoms with van der Waals surface area (Å²) in [6, 6.07) is 16.5. The fourth-order valence-electron chi connectivity index (χ4n) is 3.63. The van der Waals surface area contributed by atoms with E-state index in [9.17, 15) is 0 Å². The molecule has 0 bridgehead atoms. The number of nitrogens with one attached hydrogen (secondary N) is 1. The lowest BCUT2D eigenvalue weighted by Crippen LogP contribution is -2.38. The molecule has 0 amide bonds. The highest BCUT2D eigenvalue weighted by Gasteiger charge is 2.17. The third kappa shape index (κ3) is 7.54. The van der Waals surface area contributed by atoms with Crippen molar-refractivity contribution in [2.75, 3.05) is 45.8 Å². The summed E-state index contributed by atoms with van der Waals surface area (Å²) < 4.78 is 16.6. The quantitative estimate of drug-likeness (QED) is 0.448. The van der Waals surface area contributed by atoms with Crippen molar-refractivity contribution in [1.82, 2.24) is 4.90 Å². The van der Waals surface area contributed by atoms with Crippen LogP contribution in [0.5, 0.6) is 5.75 Å². The van der Waals surface area contributed by atoms with E-state index in [0.29, 0.717) is 31.8 Å². The van der Waals surface area contributed by atoms with Crippen LogP contribution >= 0.6 is 0 Å². The second kappa shape index (κ2) is 12.3. The summed E-state index contributed by atoms with van der Waals surface area (Å²) in [6.07, 6.45) is 2.19. The number of para-hydroxylation sites is 1. The maximum atomic E-state index is 6.09. The summed E-state index contributed by atoms with van der Waals surface area (Å²) in [5.74, 6) is 1.22. The molecule has 1 fully saturated rings. The lowest BCUT2D eigenvalue weighted by Gasteiger charge is -2.31. The predicted octanol–water partition coefficient (Wildman–Crippen LogP) is 3.25. The normalized spacial score (nSPS) is 15.3. The zero-order valence-electron chi connectivity index (χ0n) is 18.5. The third-order valence-electron chi connectivity index (χ3n) is 5.44. The topological polar surface area (TPSA) is 81.3 Å². The monoisotopic (exact) mass is 426 g/mol. The Morgan fingerprint density at radius 1 is 1.19 bits per heavy atom. The molecule has 0 saturated carbocycles. The molecule has 1 heterocycles. The molecule has 3 rings (SSSR count). The number of benzene rings is 2. The molecule has 7 heteroatoms. The SMILES string of the molecule is COCc1ccccc1NC(N)=NCc1cccc(OCCN(C)C2CCOCC2)c1. The lowest BCUT2D eigenvalue weighted by atomic mass is 10.1. The van der Waals surface area contributed by atoms with Crippen LogP contribution in [0, 0.1) is 0 Å². The Morgan fingerprint density at radius 2 is 2.00 bits per heavy atom. The van der Waals surface area contributed by atoms with Gasteiger partial charge in [0.05, 0.1) is 13.2 Å². The smallest absolute Gasteiger partial charge is 0.193 e. The highest BCUT2D eigenvalue weighted by molar-refractivity contribution is 5.92. The van der Waals surface area contributed by atoms with Crippen molar-refractivity contribution in [1.29, 1.82) is 0 Å². The van der Waals surface area contributed by atoms with Gasteiger partial charge in [-0.3, -0.25) is 4.90 Å². The van der Waals surface area contributed by atoms with E-state index < -0.39 is 0 Å². The molecule has 2 aromatic rings. The van der Waals surface area contributed by atoms with E-state index in [-0.39, 0.29) is 0 Å². The first kappa shape index (κ1) is 23.1. The van der Waals surface area contributed by atoms with E-state index in [1.165, 1.54) is 0 Å². The Kier molecular flexibility index (Phi) is 9.15. The van der Waals surface area contributed by atoms with Gasteiger partial charge >= 0.3 is 0 Å². The molecule has 0 radical (unpaired) electrons. The minimum Gasteiger partial charge on any atom is -0.492 e. The first-order valence-electron chi connectivity index (χ1n) is 10.8. The molecule has 0 unspecified atom stereocenters. The van der Waals surface area contributed by atoms with Crippen LogP contribution in [0.3, 0.4) is 0 Å². The molecule has 31 heavy (non-hydrogen) atoms. The highest BCUT2D eigenvalue weighted by atomic mass is 16.5. The van der Waals surface area contributed by atoms with Crippen LogP contribution < -0.4 is 15.8 Å². The second-order valence-corrected chi connectivity index (χ2v) is 7.74. The van der Waals surface area contributed by atoms with Gasteiger partial charge in [0.2, 0.25) is 0 Å². The lowest BCUT2D eigenvalue weighted by molar-refractivity contribution is 0.0392. The number of hydrogen-bond donors (Lipinski definition) is 2. The van der Waals surface area contributed by atoms with E-state index in [4.69, 9.17) is 19.9 Å². The van der Waals surface area contributed by atoms with Gasteiger partial charge < -0.3 is 25.3 Å². The molecule has 1 aliphatic rings. The third-order valence-corrected chi connectivity index (χ3v) is 5.44. The van der Waals surface area contributed by atoms with Crippen LogP contribution in [0.25, 0.3) is 0 Å². The van der Waals surface area contributed by atoms with E-state index in [2.05, 4.69) is 22.3 Å². The van der Waals surface area contributed by atoms with Crippen LogP contribution in [-0.4, -0.2) is 57.4 Å². The summed E-state index contributed by atoms with van der Waals surface area (Å²) >= 11 is 0. The van der Waals surface area contributed by atoms with Crippen molar-refractivity contribution < 1.29 is 14.2 Å². The number of guanidine groups is 1. The van der Waals surface area contributed by atoms with Crippen molar-refractivity contribution in [2.24, 2.45) is 10.7 Å². The molecular formula is C24H34N4O3. The second-order valence-electron chi connectivity index (χ2n) is 7.74. The molecule has 1 saturated heterocycles. The Hall–Kier alpha value is -2.61. The van der Waals surface area contributed by atoms with Gasteiger partial charge in [-0.25, -0.2) is 4.99 Å². The van der Waals surface area contributed by atoms with Crippen molar-refractivity contribution in [2.45, 2.75) is 32.0 Å². The van der Waals surface area contributed by atoms with Gasteiger partial charge in [-0.2, -0.15) is 0 Å². The van der Waals surface area contributed by atoms with Crippen molar-refractivity contribution >= 4 is 11.6 Å². The molecule has 1 aliphatic heterocycles. The van der Waals surface area contributed by atoms with Crippen LogP contribution in [0.2, 0.25) is 0 Å². The molecular weight excluding hydrogens is 392 g/mol. The maximum Gasteiger partial charge on any atom is 0.193 e. The first-order chi connectivity index (χ1) is 15.2. The number of methoxy groups -OCH3 is 1. The van der Waals surface area contributed by atoms with Crippen molar-refractivity contribution in [3.05, 3.63) is 59.7 Å². The molecule has 168 valence electrons. The average Bonchev–Trinajstić information content (AvgIpc) is 2.80. The van der Waals surface area contributed by atoms with Gasteiger partial charge in [0, 0.05) is 44.2 Å². The van der Waals surface area contributed by atoms with Gasteiger partial charge in [-0.1, -0.05) is 30.3 Å². The number of anilines is 1. The number of nitrogens with two attached hydrogens (primary N) is 1. The zero-order chi connectivity index (χ0) is 21.9. The highest BCUT2D eigenvalue weighted by Crippen LogP contribution is 2.17. The van der Waals surface area contributed by atoms with Crippen molar-refractivity contribution in [3.63, 3.8) is 0 Å². The Morgan fingerprint density at radius 3 is 2.81 bits per heavy atom. The summed E-state index contributed by atoms with van der Waals surface area (Å²) in [5, 5.41) is 3.16. The van der Waals surface area contributed by atoms with E-state index >= 15 is 0 Å². The van der Waals surface area contributed by atoms with Gasteiger partial charge in [0.15, 0.2) is 5.96 Å².